The second-order valence-electron chi connectivity index (χ2n) is 3.39. The molecule has 0 bridgehead atoms. The van der Waals surface area contributed by atoms with Crippen LogP contribution in [-0.2, 0) is 0 Å². The summed E-state index contributed by atoms with van der Waals surface area (Å²) in [7, 11) is 5.21. The van der Waals surface area contributed by atoms with Crippen LogP contribution in [0.25, 0.3) is 0 Å². The normalized spacial score (nSPS) is 8.32. The third-order valence-electron chi connectivity index (χ3n) is 1.97. The molecule has 0 aliphatic heterocycles. The van der Waals surface area contributed by atoms with Gasteiger partial charge in [-0.3, -0.25) is 9.59 Å². The van der Waals surface area contributed by atoms with Crippen LogP contribution in [0.3, 0.4) is 0 Å². The topological polar surface area (TPSA) is 81.4 Å². The molecule has 0 atom stereocenters. The van der Waals surface area contributed by atoms with Crippen molar-refractivity contribution < 1.29 is 14.3 Å². The summed E-state index contributed by atoms with van der Waals surface area (Å²) in [5.74, 6) is -0.101. The molecule has 3 N–H and O–H groups in total. The molecule has 0 aliphatic rings. The Balaban J connectivity index is 0. The summed E-state index contributed by atoms with van der Waals surface area (Å²) in [4.78, 5) is 21.6. The van der Waals surface area contributed by atoms with Crippen molar-refractivity contribution in [3.05, 3.63) is 28.8 Å². The Hall–Kier alpha value is -1.88. The first kappa shape index (κ1) is 19.5. The van der Waals surface area contributed by atoms with E-state index in [4.69, 9.17) is 10.5 Å². The number of amides is 1. The molecule has 0 fully saturated rings. The summed E-state index contributed by atoms with van der Waals surface area (Å²) in [6, 6.07) is 3.05. The molecule has 0 aromatic heterocycles. The van der Waals surface area contributed by atoms with Crippen LogP contribution in [0.2, 0.25) is 0 Å². The summed E-state index contributed by atoms with van der Waals surface area (Å²) in [5.41, 5.74) is 6.49. The van der Waals surface area contributed by atoms with Gasteiger partial charge in [-0.2, -0.15) is 0 Å². The molecular formula is C14H24N2O3. The quantitative estimate of drug-likeness (QED) is 0.819. The van der Waals surface area contributed by atoms with Gasteiger partial charge in [0.15, 0.2) is 6.29 Å². The standard InChI is InChI=1S/C10H11NO3.C2H7N.C2H6/c1-6-3-9(14-2)7(5-12)4-8(6)10(11)13;1-3-2;1-2/h3-5H,1-2H3,(H2,11,13);3H,1-2H3;1-2H3. The predicted octanol–water partition coefficient (Wildman–Crippen LogP) is 1.78. The van der Waals surface area contributed by atoms with Gasteiger partial charge in [0.25, 0.3) is 0 Å². The van der Waals surface area contributed by atoms with Crippen LogP contribution >= 0.6 is 0 Å². The second kappa shape index (κ2) is 11.2. The van der Waals surface area contributed by atoms with Crippen LogP contribution in [0.4, 0.5) is 0 Å². The van der Waals surface area contributed by atoms with Crippen LogP contribution in [0, 0.1) is 6.92 Å². The summed E-state index contributed by atoms with van der Waals surface area (Å²) < 4.78 is 4.97. The Bertz CT molecular complexity index is 404. The second-order valence-corrected chi connectivity index (χ2v) is 3.39. The number of nitrogens with one attached hydrogen (secondary N) is 1. The lowest BCUT2D eigenvalue weighted by atomic mass is 10.0. The van der Waals surface area contributed by atoms with Crippen molar-refractivity contribution in [3.63, 3.8) is 0 Å². The Morgan fingerprint density at radius 2 is 1.79 bits per heavy atom. The number of benzene rings is 1. The molecule has 19 heavy (non-hydrogen) atoms. The van der Waals surface area contributed by atoms with Gasteiger partial charge in [-0.25, -0.2) is 0 Å². The highest BCUT2D eigenvalue weighted by Gasteiger charge is 2.10. The van der Waals surface area contributed by atoms with Crippen LogP contribution in [0.1, 0.15) is 40.1 Å². The van der Waals surface area contributed by atoms with Gasteiger partial charge >= 0.3 is 0 Å². The maximum atomic E-state index is 11.0. The monoisotopic (exact) mass is 268 g/mol. The molecule has 0 aliphatic carbocycles. The van der Waals surface area contributed by atoms with Gasteiger partial charge in [-0.1, -0.05) is 13.8 Å². The number of primary amides is 1. The molecule has 1 aromatic rings. The molecule has 0 heterocycles. The Kier molecular flexibility index (Phi) is 11.5. The fourth-order valence-electron chi connectivity index (χ4n) is 1.23. The van der Waals surface area contributed by atoms with Gasteiger partial charge in [0.1, 0.15) is 5.75 Å². The average Bonchev–Trinajstić information content (AvgIpc) is 2.41. The first-order valence-corrected chi connectivity index (χ1v) is 6.03. The van der Waals surface area contributed by atoms with E-state index in [1.807, 2.05) is 27.9 Å². The maximum Gasteiger partial charge on any atom is 0.248 e. The number of methoxy groups -OCH3 is 1. The van der Waals surface area contributed by atoms with Crippen molar-refractivity contribution in [2.45, 2.75) is 20.8 Å². The van der Waals surface area contributed by atoms with Crippen LogP contribution < -0.4 is 15.8 Å². The number of hydrogen-bond acceptors (Lipinski definition) is 4. The van der Waals surface area contributed by atoms with Gasteiger partial charge in [-0.15, -0.1) is 0 Å². The van der Waals surface area contributed by atoms with E-state index in [0.717, 1.165) is 0 Å². The smallest absolute Gasteiger partial charge is 0.248 e. The number of hydrogen-bond donors (Lipinski definition) is 2. The van der Waals surface area contributed by atoms with E-state index in [2.05, 4.69) is 5.32 Å². The zero-order valence-corrected chi connectivity index (χ0v) is 12.5. The van der Waals surface area contributed by atoms with E-state index in [9.17, 15) is 9.59 Å². The molecule has 108 valence electrons. The molecule has 1 rings (SSSR count). The molecule has 0 spiro atoms. The zero-order valence-electron chi connectivity index (χ0n) is 12.5. The summed E-state index contributed by atoms with van der Waals surface area (Å²) >= 11 is 0. The van der Waals surface area contributed by atoms with E-state index >= 15 is 0 Å². The SMILES string of the molecule is CC.CNC.COc1cc(C)c(C(N)=O)cc1C=O. The summed E-state index contributed by atoms with van der Waals surface area (Å²) in [6.07, 6.45) is 0.630. The number of carbonyl (C=O) groups is 2. The Morgan fingerprint density at radius 3 is 2.11 bits per heavy atom. The highest BCUT2D eigenvalue weighted by molar-refractivity contribution is 5.96. The lowest BCUT2D eigenvalue weighted by molar-refractivity contribution is 0.0999. The van der Waals surface area contributed by atoms with Gasteiger partial charge < -0.3 is 15.8 Å². The highest BCUT2D eigenvalue weighted by atomic mass is 16.5. The van der Waals surface area contributed by atoms with E-state index in [1.54, 1.807) is 13.0 Å². The van der Waals surface area contributed by atoms with E-state index in [-0.39, 0.29) is 0 Å². The first-order chi connectivity index (χ1) is 9.01. The number of carbonyl (C=O) groups excluding carboxylic acids is 2. The Labute approximate surface area is 115 Å². The minimum absolute atomic E-state index is 0.326. The molecule has 0 saturated heterocycles. The number of rotatable bonds is 3. The fraction of sp³-hybridized carbons (Fsp3) is 0.429. The summed E-state index contributed by atoms with van der Waals surface area (Å²) in [6.45, 7) is 5.73. The molecule has 5 nitrogen and oxygen atoms in total. The van der Waals surface area contributed by atoms with Gasteiger partial charge in [0, 0.05) is 5.56 Å². The number of aryl methyl sites for hydroxylation is 1. The predicted molar refractivity (Wildman–Crippen MR) is 78.0 cm³/mol. The van der Waals surface area contributed by atoms with Crippen LogP contribution in [0.5, 0.6) is 5.75 Å². The average molecular weight is 268 g/mol. The van der Waals surface area contributed by atoms with E-state index < -0.39 is 5.91 Å². The molecule has 1 aromatic carbocycles. The highest BCUT2D eigenvalue weighted by Crippen LogP contribution is 2.21. The van der Waals surface area contributed by atoms with Gasteiger partial charge in [-0.05, 0) is 38.7 Å². The third-order valence-corrected chi connectivity index (χ3v) is 1.97. The zero-order chi connectivity index (χ0) is 15.4. The van der Waals surface area contributed by atoms with Crippen LogP contribution in [0.15, 0.2) is 12.1 Å². The fourth-order valence-corrected chi connectivity index (χ4v) is 1.23. The first-order valence-electron chi connectivity index (χ1n) is 6.03. The van der Waals surface area contributed by atoms with E-state index in [0.29, 0.717) is 28.7 Å². The lowest BCUT2D eigenvalue weighted by Gasteiger charge is -2.07. The number of ether oxygens (including phenoxy) is 1. The Morgan fingerprint density at radius 1 is 1.32 bits per heavy atom. The molecule has 0 unspecified atom stereocenters. The van der Waals surface area contributed by atoms with Crippen LogP contribution in [-0.4, -0.2) is 33.4 Å². The number of aldehydes is 1. The minimum Gasteiger partial charge on any atom is -0.496 e. The minimum atomic E-state index is -0.548. The van der Waals surface area contributed by atoms with E-state index in [1.165, 1.54) is 13.2 Å². The molecule has 1 amide bonds. The maximum absolute atomic E-state index is 11.0. The molecule has 5 heteroatoms. The number of nitrogens with two attached hydrogens (primary N) is 1. The van der Waals surface area contributed by atoms with Gasteiger partial charge in [0.2, 0.25) is 5.91 Å². The lowest BCUT2D eigenvalue weighted by Crippen LogP contribution is -2.13. The molecule has 0 radical (unpaired) electrons. The van der Waals surface area contributed by atoms with Crippen molar-refractivity contribution in [1.29, 1.82) is 0 Å². The summed E-state index contributed by atoms with van der Waals surface area (Å²) in [5, 5.41) is 2.75. The van der Waals surface area contributed by atoms with Crippen molar-refractivity contribution >= 4 is 12.2 Å². The molecular weight excluding hydrogens is 244 g/mol. The van der Waals surface area contributed by atoms with Crippen molar-refractivity contribution in [2.75, 3.05) is 21.2 Å². The van der Waals surface area contributed by atoms with Crippen molar-refractivity contribution in [1.82, 2.24) is 5.32 Å². The third kappa shape index (κ3) is 6.57. The van der Waals surface area contributed by atoms with Crippen molar-refractivity contribution in [3.8, 4) is 5.75 Å². The van der Waals surface area contributed by atoms with Gasteiger partial charge in [0.05, 0.1) is 12.7 Å². The largest absolute Gasteiger partial charge is 0.496 e. The van der Waals surface area contributed by atoms with Crippen molar-refractivity contribution in [2.24, 2.45) is 5.73 Å². The molecule has 0 saturated carbocycles.